The van der Waals surface area contributed by atoms with Crippen molar-refractivity contribution in [3.63, 3.8) is 0 Å². The highest BCUT2D eigenvalue weighted by Gasteiger charge is 2.34. The lowest BCUT2D eigenvalue weighted by Crippen LogP contribution is -2.55. The summed E-state index contributed by atoms with van der Waals surface area (Å²) in [5.41, 5.74) is 1.04. The number of hydrogen-bond acceptors (Lipinski definition) is 6. The van der Waals surface area contributed by atoms with Gasteiger partial charge in [-0.25, -0.2) is 9.78 Å². The van der Waals surface area contributed by atoms with Crippen LogP contribution in [-0.2, 0) is 4.84 Å². The van der Waals surface area contributed by atoms with Crippen molar-refractivity contribution in [3.05, 3.63) is 43.0 Å². The highest BCUT2D eigenvalue weighted by atomic mass is 16.7. The number of hydrogen-bond donors (Lipinski definition) is 0. The van der Waals surface area contributed by atoms with Gasteiger partial charge in [-0.15, -0.1) is 5.06 Å². The van der Waals surface area contributed by atoms with Gasteiger partial charge in [-0.1, -0.05) is 6.42 Å². The van der Waals surface area contributed by atoms with Gasteiger partial charge in [0.25, 0.3) is 0 Å². The second-order valence-electron chi connectivity index (χ2n) is 8.37. The summed E-state index contributed by atoms with van der Waals surface area (Å²) in [4.78, 5) is 26.5. The van der Waals surface area contributed by atoms with Gasteiger partial charge in [0, 0.05) is 50.3 Å². The minimum Gasteiger partial charge on any atom is -0.487 e. The SMILES string of the molecule is O=C(ON1CC(Oc2ccc(-n3ccnc3)cc2)C1)N1CCCN(C2CCC2)CC1. The molecule has 3 heterocycles. The topological polar surface area (TPSA) is 63.1 Å². The Morgan fingerprint density at radius 2 is 1.83 bits per heavy atom. The van der Waals surface area contributed by atoms with Crippen molar-refractivity contribution in [3.8, 4) is 11.4 Å². The zero-order valence-electron chi connectivity index (χ0n) is 17.2. The summed E-state index contributed by atoms with van der Waals surface area (Å²) in [6.07, 6.45) is 10.2. The largest absolute Gasteiger partial charge is 0.487 e. The van der Waals surface area contributed by atoms with Crippen molar-refractivity contribution in [2.75, 3.05) is 39.3 Å². The van der Waals surface area contributed by atoms with Crippen molar-refractivity contribution >= 4 is 6.09 Å². The third-order valence-corrected chi connectivity index (χ3v) is 6.34. The molecule has 2 aliphatic heterocycles. The van der Waals surface area contributed by atoms with E-state index in [2.05, 4.69) is 9.88 Å². The van der Waals surface area contributed by atoms with Gasteiger partial charge in [-0.05, 0) is 43.5 Å². The van der Waals surface area contributed by atoms with Crippen molar-refractivity contribution in [1.29, 1.82) is 0 Å². The standard InChI is InChI=1S/C22H29N5O3/c28-22(25-11-2-10-24(13-14-25)18-3-1-4-18)30-27-15-21(16-27)29-20-7-5-19(6-8-20)26-12-9-23-17-26/h5-9,12,17-18,21H,1-4,10-11,13-16H2. The molecular formula is C22H29N5O3. The number of aromatic nitrogens is 2. The molecule has 1 aliphatic carbocycles. The predicted molar refractivity (Wildman–Crippen MR) is 111 cm³/mol. The summed E-state index contributed by atoms with van der Waals surface area (Å²) >= 11 is 0. The smallest absolute Gasteiger partial charge is 0.428 e. The van der Waals surface area contributed by atoms with Gasteiger partial charge < -0.3 is 19.0 Å². The molecule has 0 spiro atoms. The van der Waals surface area contributed by atoms with Crippen LogP contribution in [0.5, 0.6) is 5.75 Å². The number of rotatable bonds is 5. The molecule has 30 heavy (non-hydrogen) atoms. The number of hydroxylamine groups is 2. The number of imidazole rings is 1. The average molecular weight is 412 g/mol. The third kappa shape index (κ3) is 4.29. The molecule has 2 saturated heterocycles. The lowest BCUT2D eigenvalue weighted by Gasteiger charge is -2.38. The lowest BCUT2D eigenvalue weighted by atomic mass is 9.91. The van der Waals surface area contributed by atoms with E-state index in [1.807, 2.05) is 39.9 Å². The van der Waals surface area contributed by atoms with Crippen LogP contribution in [0.15, 0.2) is 43.0 Å². The van der Waals surface area contributed by atoms with E-state index in [-0.39, 0.29) is 12.2 Å². The monoisotopic (exact) mass is 411 g/mol. The van der Waals surface area contributed by atoms with Gasteiger partial charge in [0.1, 0.15) is 11.9 Å². The summed E-state index contributed by atoms with van der Waals surface area (Å²) in [5.74, 6) is 0.818. The van der Waals surface area contributed by atoms with Crippen LogP contribution in [-0.4, -0.2) is 81.9 Å². The van der Waals surface area contributed by atoms with Crippen LogP contribution in [0, 0.1) is 0 Å². The second kappa shape index (κ2) is 8.65. The van der Waals surface area contributed by atoms with Gasteiger partial charge >= 0.3 is 6.09 Å². The summed E-state index contributed by atoms with van der Waals surface area (Å²) in [5, 5.41) is 1.70. The maximum Gasteiger partial charge on any atom is 0.428 e. The van der Waals surface area contributed by atoms with E-state index < -0.39 is 0 Å². The first-order chi connectivity index (χ1) is 14.7. The maximum absolute atomic E-state index is 12.5. The van der Waals surface area contributed by atoms with Crippen molar-refractivity contribution in [2.24, 2.45) is 0 Å². The lowest BCUT2D eigenvalue weighted by molar-refractivity contribution is -0.191. The highest BCUT2D eigenvalue weighted by Crippen LogP contribution is 2.26. The van der Waals surface area contributed by atoms with Crippen molar-refractivity contribution in [2.45, 2.75) is 37.8 Å². The minimum atomic E-state index is -0.228. The molecule has 1 saturated carbocycles. The molecule has 3 fully saturated rings. The Hall–Kier alpha value is -2.58. The third-order valence-electron chi connectivity index (χ3n) is 6.34. The first kappa shape index (κ1) is 19.4. The summed E-state index contributed by atoms with van der Waals surface area (Å²) in [7, 11) is 0. The Morgan fingerprint density at radius 3 is 2.53 bits per heavy atom. The van der Waals surface area contributed by atoms with Crippen LogP contribution < -0.4 is 4.74 Å². The van der Waals surface area contributed by atoms with Crippen LogP contribution in [0.3, 0.4) is 0 Å². The van der Waals surface area contributed by atoms with E-state index in [9.17, 15) is 4.79 Å². The van der Waals surface area contributed by atoms with Gasteiger partial charge in [-0.3, -0.25) is 4.90 Å². The quantitative estimate of drug-likeness (QED) is 0.754. The first-order valence-electron chi connectivity index (χ1n) is 11.0. The molecule has 8 heteroatoms. The van der Waals surface area contributed by atoms with Crippen LogP contribution in [0.25, 0.3) is 5.69 Å². The number of carbonyl (C=O) groups is 1. The normalized spacial score (nSPS) is 21.5. The average Bonchev–Trinajstić information content (AvgIpc) is 3.12. The van der Waals surface area contributed by atoms with E-state index in [0.717, 1.165) is 50.1 Å². The Kier molecular flexibility index (Phi) is 5.59. The zero-order chi connectivity index (χ0) is 20.3. The fraction of sp³-hybridized carbons (Fsp3) is 0.545. The summed E-state index contributed by atoms with van der Waals surface area (Å²) < 4.78 is 7.93. The molecule has 0 atom stereocenters. The van der Waals surface area contributed by atoms with Crippen LogP contribution >= 0.6 is 0 Å². The van der Waals surface area contributed by atoms with Gasteiger partial charge in [-0.2, -0.15) is 0 Å². The molecule has 2 aromatic rings. The van der Waals surface area contributed by atoms with Crippen molar-refractivity contribution < 1.29 is 14.4 Å². The zero-order valence-corrected chi connectivity index (χ0v) is 17.2. The molecule has 0 bridgehead atoms. The Balaban J connectivity index is 1.04. The van der Waals surface area contributed by atoms with E-state index in [1.165, 1.54) is 19.3 Å². The van der Waals surface area contributed by atoms with Crippen LogP contribution in [0.2, 0.25) is 0 Å². The van der Waals surface area contributed by atoms with E-state index in [0.29, 0.717) is 13.1 Å². The fourth-order valence-electron chi connectivity index (χ4n) is 4.26. The molecule has 5 rings (SSSR count). The number of amides is 1. The second-order valence-corrected chi connectivity index (χ2v) is 8.37. The molecule has 0 unspecified atom stereocenters. The molecule has 0 N–H and O–H groups in total. The maximum atomic E-state index is 12.5. The molecule has 1 aromatic carbocycles. The molecule has 1 aromatic heterocycles. The van der Waals surface area contributed by atoms with Gasteiger partial charge in [0.2, 0.25) is 0 Å². The summed E-state index contributed by atoms with van der Waals surface area (Å²) in [6, 6.07) is 8.65. The van der Waals surface area contributed by atoms with Gasteiger partial charge in [0.15, 0.2) is 0 Å². The molecule has 160 valence electrons. The number of benzene rings is 1. The fourth-order valence-corrected chi connectivity index (χ4v) is 4.26. The summed E-state index contributed by atoms with van der Waals surface area (Å²) in [6.45, 7) is 4.77. The van der Waals surface area contributed by atoms with E-state index in [1.54, 1.807) is 17.6 Å². The molecule has 1 amide bonds. The van der Waals surface area contributed by atoms with Gasteiger partial charge in [0.05, 0.1) is 19.4 Å². The number of carbonyl (C=O) groups excluding carboxylic acids is 1. The molecule has 3 aliphatic rings. The number of nitrogens with zero attached hydrogens (tertiary/aromatic N) is 5. The highest BCUT2D eigenvalue weighted by molar-refractivity contribution is 5.67. The Labute approximate surface area is 176 Å². The molecule has 0 radical (unpaired) electrons. The Morgan fingerprint density at radius 1 is 1.00 bits per heavy atom. The van der Waals surface area contributed by atoms with Crippen LogP contribution in [0.4, 0.5) is 4.79 Å². The van der Waals surface area contributed by atoms with Crippen LogP contribution in [0.1, 0.15) is 25.7 Å². The van der Waals surface area contributed by atoms with E-state index in [4.69, 9.17) is 9.57 Å². The van der Waals surface area contributed by atoms with Crippen molar-refractivity contribution in [1.82, 2.24) is 24.4 Å². The Bertz CT molecular complexity index is 831. The number of ether oxygens (including phenoxy) is 1. The molecular weight excluding hydrogens is 382 g/mol. The minimum absolute atomic E-state index is 0.0372. The molecule has 8 nitrogen and oxygen atoms in total. The predicted octanol–water partition coefficient (Wildman–Crippen LogP) is 2.55. The first-order valence-corrected chi connectivity index (χ1v) is 11.0. The van der Waals surface area contributed by atoms with E-state index >= 15 is 0 Å².